The molecule has 0 bridgehead atoms. The summed E-state index contributed by atoms with van der Waals surface area (Å²) in [4.78, 5) is 10.4. The van der Waals surface area contributed by atoms with Gasteiger partial charge >= 0.3 is 0 Å². The molecule has 0 fully saturated rings. The molecule has 0 rings (SSSR count). The van der Waals surface area contributed by atoms with Crippen molar-refractivity contribution in [1.29, 1.82) is 0 Å². The van der Waals surface area contributed by atoms with Crippen molar-refractivity contribution in [1.82, 2.24) is 0 Å². The number of hydrogen-bond acceptors (Lipinski definition) is 3. The molecule has 0 aromatic rings. The molecule has 0 aromatic heterocycles. The lowest BCUT2D eigenvalue weighted by Gasteiger charge is -1.92. The predicted octanol–water partition coefficient (Wildman–Crippen LogP) is 1.76. The fourth-order valence-corrected chi connectivity index (χ4v) is 0.623. The van der Waals surface area contributed by atoms with E-state index in [2.05, 4.69) is 11.7 Å². The van der Waals surface area contributed by atoms with Gasteiger partial charge in [0.25, 0.3) is 0 Å². The zero-order chi connectivity index (χ0) is 12.7. The zero-order valence-corrected chi connectivity index (χ0v) is 9.95. The molecule has 5 nitrogen and oxygen atoms in total. The van der Waals surface area contributed by atoms with E-state index in [0.717, 1.165) is 19.3 Å². The molecule has 0 atom stereocenters. The van der Waals surface area contributed by atoms with Crippen molar-refractivity contribution in [3.8, 4) is 0 Å². The molecule has 1 radical (unpaired) electrons. The van der Waals surface area contributed by atoms with Crippen molar-refractivity contribution in [2.45, 2.75) is 33.1 Å². The van der Waals surface area contributed by atoms with Crippen molar-refractivity contribution in [3.05, 3.63) is 11.6 Å². The van der Waals surface area contributed by atoms with Crippen LogP contribution >= 0.6 is 0 Å². The molecule has 0 spiro atoms. The molecule has 91 valence electrons. The SMILES string of the molecule is CCCCC=C(C)C(N)=O.COC.[O]O. The van der Waals surface area contributed by atoms with Crippen LogP contribution in [0.5, 0.6) is 0 Å². The van der Waals surface area contributed by atoms with Gasteiger partial charge in [-0.1, -0.05) is 25.8 Å². The van der Waals surface area contributed by atoms with E-state index < -0.39 is 0 Å². The van der Waals surface area contributed by atoms with Crippen LogP contribution in [-0.2, 0) is 14.8 Å². The Morgan fingerprint density at radius 2 is 1.80 bits per heavy atom. The summed E-state index contributed by atoms with van der Waals surface area (Å²) in [5, 5.41) is 13.0. The van der Waals surface area contributed by atoms with Crippen LogP contribution in [0.15, 0.2) is 11.6 Å². The summed E-state index contributed by atoms with van der Waals surface area (Å²) >= 11 is 0. The number of allylic oxidation sites excluding steroid dienone is 1. The van der Waals surface area contributed by atoms with E-state index in [1.54, 1.807) is 21.1 Å². The molecule has 5 heteroatoms. The Hall–Kier alpha value is -0.910. The molecular weight excluding hydrogens is 198 g/mol. The average molecular weight is 220 g/mol. The fourth-order valence-electron chi connectivity index (χ4n) is 0.623. The smallest absolute Gasteiger partial charge is 0.244 e. The number of hydrogen-bond donors (Lipinski definition) is 2. The van der Waals surface area contributed by atoms with Crippen LogP contribution in [0.1, 0.15) is 33.1 Å². The fraction of sp³-hybridized carbons (Fsp3) is 0.700. The van der Waals surface area contributed by atoms with Crippen LogP contribution in [0.3, 0.4) is 0 Å². The number of methoxy groups -OCH3 is 1. The number of carbonyl (C=O) groups excluding carboxylic acids is 1. The first-order valence-corrected chi connectivity index (χ1v) is 4.65. The summed E-state index contributed by atoms with van der Waals surface area (Å²) in [7, 11) is 3.25. The maximum Gasteiger partial charge on any atom is 0.244 e. The first-order chi connectivity index (χ1) is 7.09. The lowest BCUT2D eigenvalue weighted by Crippen LogP contribution is -2.11. The third-order valence-electron chi connectivity index (χ3n) is 1.40. The van der Waals surface area contributed by atoms with Gasteiger partial charge in [0.05, 0.1) is 0 Å². The second kappa shape index (κ2) is 18.8. The average Bonchev–Trinajstić information content (AvgIpc) is 2.22. The lowest BCUT2D eigenvalue weighted by molar-refractivity contribution is -0.247. The van der Waals surface area contributed by atoms with Crippen LogP contribution in [0.2, 0.25) is 0 Å². The van der Waals surface area contributed by atoms with Crippen LogP contribution in [-0.4, -0.2) is 25.4 Å². The summed E-state index contributed by atoms with van der Waals surface area (Å²) in [6.07, 6.45) is 5.14. The molecule has 0 aliphatic carbocycles. The summed E-state index contributed by atoms with van der Waals surface area (Å²) in [6.45, 7) is 3.87. The van der Waals surface area contributed by atoms with Gasteiger partial charge in [-0.3, -0.25) is 4.79 Å². The van der Waals surface area contributed by atoms with Crippen molar-refractivity contribution in [3.63, 3.8) is 0 Å². The normalized spacial score (nSPS) is 9.33. The Morgan fingerprint density at radius 3 is 2.07 bits per heavy atom. The van der Waals surface area contributed by atoms with Gasteiger partial charge in [0, 0.05) is 19.8 Å². The Kier molecular flexibility index (Phi) is 24.6. The third kappa shape index (κ3) is 24.6. The van der Waals surface area contributed by atoms with Gasteiger partial charge in [-0.05, 0) is 18.6 Å². The molecule has 1 amide bonds. The molecule has 0 heterocycles. The number of amides is 1. The van der Waals surface area contributed by atoms with E-state index in [-0.39, 0.29) is 5.91 Å². The molecular formula is C10H22NO4. The minimum atomic E-state index is -0.309. The predicted molar refractivity (Wildman–Crippen MR) is 58.7 cm³/mol. The number of carbonyl (C=O) groups is 1. The van der Waals surface area contributed by atoms with Crippen molar-refractivity contribution >= 4 is 5.91 Å². The Morgan fingerprint density at radius 1 is 1.40 bits per heavy atom. The maximum absolute atomic E-state index is 10.4. The minimum absolute atomic E-state index is 0.309. The summed E-state index contributed by atoms with van der Waals surface area (Å²) < 4.78 is 4.25. The number of unbranched alkanes of at least 4 members (excludes halogenated alkanes) is 2. The monoisotopic (exact) mass is 220 g/mol. The summed E-state index contributed by atoms with van der Waals surface area (Å²) in [5.41, 5.74) is 5.69. The molecule has 15 heavy (non-hydrogen) atoms. The van der Waals surface area contributed by atoms with Crippen molar-refractivity contribution < 1.29 is 20.0 Å². The highest BCUT2D eigenvalue weighted by Crippen LogP contribution is 1.99. The highest BCUT2D eigenvalue weighted by atomic mass is 17.0. The van der Waals surface area contributed by atoms with E-state index >= 15 is 0 Å². The van der Waals surface area contributed by atoms with E-state index in [4.69, 9.17) is 16.2 Å². The van der Waals surface area contributed by atoms with Crippen LogP contribution in [0.4, 0.5) is 0 Å². The van der Waals surface area contributed by atoms with Gasteiger partial charge in [0.15, 0.2) is 0 Å². The standard InChI is InChI=1S/C8H15NO.C2H6O.HO2/c1-3-4-5-6-7(2)8(9)10;1-3-2;1-2/h6H,3-5H2,1-2H3,(H2,9,10);1-2H3;1H. The number of rotatable bonds is 4. The molecule has 0 saturated carbocycles. The molecule has 0 aromatic carbocycles. The number of ether oxygens (including phenoxy) is 1. The second-order valence-electron chi connectivity index (χ2n) is 2.80. The molecule has 0 unspecified atom stereocenters. The Labute approximate surface area is 91.5 Å². The van der Waals surface area contributed by atoms with Crippen molar-refractivity contribution in [2.24, 2.45) is 5.73 Å². The third-order valence-corrected chi connectivity index (χ3v) is 1.40. The molecule has 0 aliphatic rings. The van der Waals surface area contributed by atoms with Gasteiger partial charge in [-0.2, -0.15) is 0 Å². The number of nitrogens with two attached hydrogens (primary N) is 1. The Balaban J connectivity index is -0.000000245. The summed E-state index contributed by atoms with van der Waals surface area (Å²) in [5.74, 6) is -0.309. The lowest BCUT2D eigenvalue weighted by atomic mass is 10.2. The largest absolute Gasteiger partial charge is 0.388 e. The van der Waals surface area contributed by atoms with Crippen LogP contribution < -0.4 is 5.73 Å². The highest BCUT2D eigenvalue weighted by Gasteiger charge is 1.93. The first kappa shape index (κ1) is 19.6. The quantitative estimate of drug-likeness (QED) is 0.327. The highest BCUT2D eigenvalue weighted by molar-refractivity contribution is 5.91. The van der Waals surface area contributed by atoms with E-state index in [1.807, 2.05) is 6.08 Å². The minimum Gasteiger partial charge on any atom is -0.388 e. The van der Waals surface area contributed by atoms with E-state index in [9.17, 15) is 4.79 Å². The van der Waals surface area contributed by atoms with Gasteiger partial charge in [-0.25, -0.2) is 5.26 Å². The molecule has 0 saturated heterocycles. The zero-order valence-electron chi connectivity index (χ0n) is 9.95. The second-order valence-corrected chi connectivity index (χ2v) is 2.80. The van der Waals surface area contributed by atoms with Gasteiger partial charge in [-0.15, -0.1) is 0 Å². The topological polar surface area (TPSA) is 92.5 Å². The van der Waals surface area contributed by atoms with Crippen molar-refractivity contribution in [2.75, 3.05) is 14.2 Å². The Bertz CT molecular complexity index is 158. The molecule has 3 N–H and O–H groups in total. The maximum atomic E-state index is 10.4. The molecule has 0 aliphatic heterocycles. The van der Waals surface area contributed by atoms with E-state index in [1.165, 1.54) is 0 Å². The van der Waals surface area contributed by atoms with Gasteiger partial charge in [0.2, 0.25) is 5.91 Å². The van der Waals surface area contributed by atoms with E-state index in [0.29, 0.717) is 5.57 Å². The van der Waals surface area contributed by atoms with Gasteiger partial charge < -0.3 is 10.5 Å². The van der Waals surface area contributed by atoms with Crippen LogP contribution in [0.25, 0.3) is 0 Å². The van der Waals surface area contributed by atoms with Gasteiger partial charge in [0.1, 0.15) is 0 Å². The first-order valence-electron chi connectivity index (χ1n) is 4.65. The number of primary amides is 1. The van der Waals surface area contributed by atoms with Crippen LogP contribution in [0, 0.1) is 0 Å². The summed E-state index contributed by atoms with van der Waals surface area (Å²) in [6, 6.07) is 0.